The van der Waals surface area contributed by atoms with Crippen molar-refractivity contribution in [3.05, 3.63) is 0 Å². The van der Waals surface area contributed by atoms with Crippen LogP contribution in [-0.2, 0) is 4.79 Å². The van der Waals surface area contributed by atoms with E-state index in [1.807, 2.05) is 0 Å². The lowest BCUT2D eigenvalue weighted by molar-refractivity contribution is -0.186. The molecule has 3 nitrogen and oxygen atoms in total. The monoisotopic (exact) mass is 263 g/mol. The lowest BCUT2D eigenvalue weighted by Gasteiger charge is -2.66. The Labute approximate surface area is 115 Å². The molecule has 1 spiro atoms. The first kappa shape index (κ1) is 12.3. The van der Waals surface area contributed by atoms with Crippen molar-refractivity contribution in [2.24, 2.45) is 23.7 Å². The van der Waals surface area contributed by atoms with Crippen LogP contribution in [0, 0.1) is 23.7 Å². The van der Waals surface area contributed by atoms with E-state index in [0.717, 1.165) is 44.7 Å². The lowest BCUT2D eigenvalue weighted by atomic mass is 9.48. The minimum Gasteiger partial charge on any atom is -0.392 e. The van der Waals surface area contributed by atoms with E-state index in [1.165, 1.54) is 12.8 Å². The average molecular weight is 263 g/mol. The van der Waals surface area contributed by atoms with E-state index in [0.29, 0.717) is 17.6 Å². The summed E-state index contributed by atoms with van der Waals surface area (Å²) in [7, 11) is 0. The Balaban J connectivity index is 1.82. The summed E-state index contributed by atoms with van der Waals surface area (Å²) in [6, 6.07) is 0. The second-order valence-corrected chi connectivity index (χ2v) is 7.60. The summed E-state index contributed by atoms with van der Waals surface area (Å²) in [6.45, 7) is 4.26. The van der Waals surface area contributed by atoms with E-state index < -0.39 is 0 Å². The third-order valence-electron chi connectivity index (χ3n) is 6.51. The quantitative estimate of drug-likeness (QED) is 0.725. The normalized spacial score (nSPS) is 53.8. The van der Waals surface area contributed by atoms with Crippen LogP contribution in [0.1, 0.15) is 45.4 Å². The molecule has 6 atom stereocenters. The Morgan fingerprint density at radius 1 is 1.37 bits per heavy atom. The largest absolute Gasteiger partial charge is 0.392 e. The smallest absolute Gasteiger partial charge is 0.138 e. The standard InChI is InChI=1S/C16H25NO2/c1-10-5-11-6-15(19)13-3-2-4-17-9-12(18)7-14(11)16(13,17)8-10/h10-14,18H,2-9H2,1H3/t10-,11-,12+,13+,14+,16-/m0/s1. The molecule has 1 N–H and O–H groups in total. The van der Waals surface area contributed by atoms with Gasteiger partial charge in [0.1, 0.15) is 5.78 Å². The molecule has 4 rings (SSSR count). The third kappa shape index (κ3) is 1.55. The number of β-amino-alcohol motifs (C(OH)–C–C–N with tert-alkyl or cyclic N) is 1. The molecule has 2 aliphatic carbocycles. The van der Waals surface area contributed by atoms with Crippen LogP contribution in [-0.4, -0.2) is 40.5 Å². The van der Waals surface area contributed by atoms with E-state index in [4.69, 9.17) is 0 Å². The Kier molecular flexibility index (Phi) is 2.63. The molecular formula is C16H25NO2. The van der Waals surface area contributed by atoms with Crippen molar-refractivity contribution in [3.8, 4) is 0 Å². The number of aliphatic hydroxyl groups excluding tert-OH is 1. The third-order valence-corrected chi connectivity index (χ3v) is 6.51. The zero-order chi connectivity index (χ0) is 13.2. The van der Waals surface area contributed by atoms with Crippen LogP contribution in [0.2, 0.25) is 0 Å². The first-order valence-electron chi connectivity index (χ1n) is 8.07. The van der Waals surface area contributed by atoms with Gasteiger partial charge in [0.15, 0.2) is 0 Å². The van der Waals surface area contributed by atoms with Gasteiger partial charge in [-0.15, -0.1) is 0 Å². The fourth-order valence-corrected chi connectivity index (χ4v) is 6.16. The van der Waals surface area contributed by atoms with Gasteiger partial charge in [-0.25, -0.2) is 0 Å². The first-order valence-corrected chi connectivity index (χ1v) is 8.07. The van der Waals surface area contributed by atoms with Crippen LogP contribution in [0.25, 0.3) is 0 Å². The molecule has 0 unspecified atom stereocenters. The van der Waals surface area contributed by atoms with Crippen molar-refractivity contribution in [2.45, 2.75) is 57.1 Å². The van der Waals surface area contributed by atoms with Crippen molar-refractivity contribution in [3.63, 3.8) is 0 Å². The summed E-state index contributed by atoms with van der Waals surface area (Å²) in [5, 5.41) is 10.2. The molecule has 2 heterocycles. The van der Waals surface area contributed by atoms with Gasteiger partial charge < -0.3 is 5.11 Å². The molecule has 4 aliphatic rings. The predicted octanol–water partition coefficient (Wildman–Crippen LogP) is 1.84. The van der Waals surface area contributed by atoms with Gasteiger partial charge in [0.05, 0.1) is 6.10 Å². The molecule has 2 saturated carbocycles. The average Bonchev–Trinajstić information content (AvgIpc) is 2.34. The summed E-state index contributed by atoms with van der Waals surface area (Å²) in [4.78, 5) is 15.1. The minimum atomic E-state index is -0.166. The summed E-state index contributed by atoms with van der Waals surface area (Å²) >= 11 is 0. The van der Waals surface area contributed by atoms with E-state index in [2.05, 4.69) is 11.8 Å². The highest BCUT2D eigenvalue weighted by atomic mass is 16.3. The molecule has 2 bridgehead atoms. The molecule has 0 radical (unpaired) electrons. The number of carbonyl (C=O) groups excluding carboxylic acids is 1. The maximum absolute atomic E-state index is 12.6. The summed E-state index contributed by atoms with van der Waals surface area (Å²) in [6.07, 6.45) is 6.20. The van der Waals surface area contributed by atoms with Crippen LogP contribution >= 0.6 is 0 Å². The second-order valence-electron chi connectivity index (χ2n) is 7.60. The number of piperidine rings is 2. The minimum absolute atomic E-state index is 0.134. The fraction of sp³-hybridized carbons (Fsp3) is 0.938. The number of Topliss-reactive ketones (excluding diaryl/α,β-unsaturated/α-hetero) is 1. The molecule has 2 saturated heterocycles. The first-order chi connectivity index (χ1) is 9.11. The van der Waals surface area contributed by atoms with Crippen LogP contribution in [0.3, 0.4) is 0 Å². The van der Waals surface area contributed by atoms with Crippen molar-refractivity contribution >= 4 is 5.78 Å². The number of nitrogens with zero attached hydrogens (tertiary/aromatic N) is 1. The Bertz CT molecular complexity index is 410. The van der Waals surface area contributed by atoms with Crippen molar-refractivity contribution < 1.29 is 9.90 Å². The highest BCUT2D eigenvalue weighted by Crippen LogP contribution is 2.59. The van der Waals surface area contributed by atoms with Gasteiger partial charge in [-0.3, -0.25) is 9.69 Å². The topological polar surface area (TPSA) is 40.5 Å². The van der Waals surface area contributed by atoms with Gasteiger partial charge >= 0.3 is 0 Å². The number of rotatable bonds is 0. The van der Waals surface area contributed by atoms with E-state index in [1.54, 1.807) is 0 Å². The second kappa shape index (κ2) is 4.05. The van der Waals surface area contributed by atoms with Gasteiger partial charge in [0, 0.05) is 24.4 Å². The fourth-order valence-electron chi connectivity index (χ4n) is 6.16. The van der Waals surface area contributed by atoms with Crippen LogP contribution in [0.5, 0.6) is 0 Å². The maximum atomic E-state index is 12.6. The van der Waals surface area contributed by atoms with Gasteiger partial charge in [0.25, 0.3) is 0 Å². The van der Waals surface area contributed by atoms with Gasteiger partial charge in [-0.2, -0.15) is 0 Å². The van der Waals surface area contributed by atoms with Crippen molar-refractivity contribution in [1.29, 1.82) is 0 Å². The molecule has 2 aliphatic heterocycles. The molecule has 0 aromatic heterocycles. The zero-order valence-electron chi connectivity index (χ0n) is 11.8. The summed E-state index contributed by atoms with van der Waals surface area (Å²) in [5.74, 6) is 2.68. The Hall–Kier alpha value is -0.410. The highest BCUT2D eigenvalue weighted by molar-refractivity contribution is 5.84. The summed E-state index contributed by atoms with van der Waals surface area (Å²) in [5.41, 5.74) is 0.134. The molecule has 0 amide bonds. The molecular weight excluding hydrogens is 238 g/mol. The number of hydrogen-bond acceptors (Lipinski definition) is 3. The number of ketones is 1. The van der Waals surface area contributed by atoms with E-state index >= 15 is 0 Å². The van der Waals surface area contributed by atoms with Crippen molar-refractivity contribution in [2.75, 3.05) is 13.1 Å². The van der Waals surface area contributed by atoms with Crippen LogP contribution in [0.4, 0.5) is 0 Å². The molecule has 0 aromatic rings. The molecule has 3 heteroatoms. The maximum Gasteiger partial charge on any atom is 0.138 e. The number of aliphatic hydroxyl groups is 1. The van der Waals surface area contributed by atoms with E-state index in [-0.39, 0.29) is 17.6 Å². The highest BCUT2D eigenvalue weighted by Gasteiger charge is 2.63. The SMILES string of the molecule is C[C@H]1C[C@H]2CC(=O)[C@H]3CCCN4C[C@H](O)C[C@H]2[C@]34C1. The molecule has 0 aromatic carbocycles. The van der Waals surface area contributed by atoms with Gasteiger partial charge in [-0.05, 0) is 56.4 Å². The Morgan fingerprint density at radius 2 is 2.21 bits per heavy atom. The lowest BCUT2D eigenvalue weighted by Crippen LogP contribution is -2.73. The number of hydrogen-bond donors (Lipinski definition) is 1. The molecule has 19 heavy (non-hydrogen) atoms. The summed E-state index contributed by atoms with van der Waals surface area (Å²) < 4.78 is 0. The van der Waals surface area contributed by atoms with Gasteiger partial charge in [0.2, 0.25) is 0 Å². The predicted molar refractivity (Wildman–Crippen MR) is 72.7 cm³/mol. The number of carbonyl (C=O) groups is 1. The molecule has 4 fully saturated rings. The van der Waals surface area contributed by atoms with Crippen LogP contribution in [0.15, 0.2) is 0 Å². The zero-order valence-corrected chi connectivity index (χ0v) is 11.8. The van der Waals surface area contributed by atoms with E-state index in [9.17, 15) is 9.90 Å². The van der Waals surface area contributed by atoms with Gasteiger partial charge in [-0.1, -0.05) is 6.92 Å². The van der Waals surface area contributed by atoms with Crippen molar-refractivity contribution in [1.82, 2.24) is 4.90 Å². The Morgan fingerprint density at radius 3 is 3.05 bits per heavy atom. The van der Waals surface area contributed by atoms with Crippen LogP contribution < -0.4 is 0 Å². The molecule has 106 valence electrons.